The van der Waals surface area contributed by atoms with Crippen molar-refractivity contribution in [2.75, 3.05) is 0 Å². The summed E-state index contributed by atoms with van der Waals surface area (Å²) in [4.78, 5) is 3.21. The molecular formula is C13H13N3S. The summed E-state index contributed by atoms with van der Waals surface area (Å²) < 4.78 is 2.95. The molecule has 86 valence electrons. The zero-order valence-electron chi connectivity index (χ0n) is 9.60. The lowest BCUT2D eigenvalue weighted by Crippen LogP contribution is -1.96. The van der Waals surface area contributed by atoms with Crippen molar-refractivity contribution in [3.63, 3.8) is 0 Å². The Labute approximate surface area is 105 Å². The van der Waals surface area contributed by atoms with Crippen LogP contribution in [-0.2, 0) is 0 Å². The van der Waals surface area contributed by atoms with Gasteiger partial charge in [0.05, 0.1) is 22.7 Å². The number of fused-ring (bicyclic) bond motifs is 1. The zero-order valence-corrected chi connectivity index (χ0v) is 10.4. The minimum atomic E-state index is 0.523. The van der Waals surface area contributed by atoms with E-state index >= 15 is 0 Å². The number of imidazole rings is 1. The van der Waals surface area contributed by atoms with Crippen LogP contribution in [0.1, 0.15) is 31.4 Å². The van der Waals surface area contributed by atoms with E-state index in [4.69, 9.17) is 17.5 Å². The van der Waals surface area contributed by atoms with Gasteiger partial charge in [-0.05, 0) is 42.8 Å². The minimum Gasteiger partial charge on any atom is -0.331 e. The van der Waals surface area contributed by atoms with Crippen molar-refractivity contribution < 1.29 is 0 Å². The van der Waals surface area contributed by atoms with Crippen LogP contribution in [0.25, 0.3) is 11.0 Å². The van der Waals surface area contributed by atoms with Gasteiger partial charge in [-0.2, -0.15) is 5.26 Å². The molecule has 1 aromatic carbocycles. The third-order valence-corrected chi connectivity index (χ3v) is 3.89. The van der Waals surface area contributed by atoms with Gasteiger partial charge in [-0.3, -0.25) is 0 Å². The lowest BCUT2D eigenvalue weighted by atomic mass is 10.2. The average Bonchev–Trinajstić information content (AvgIpc) is 3.04. The Morgan fingerprint density at radius 3 is 3.06 bits per heavy atom. The third-order valence-electron chi connectivity index (χ3n) is 3.59. The second-order valence-corrected chi connectivity index (χ2v) is 5.00. The summed E-state index contributed by atoms with van der Waals surface area (Å²) in [7, 11) is 0. The Hall–Kier alpha value is -1.60. The Balaban J connectivity index is 2.20. The van der Waals surface area contributed by atoms with Gasteiger partial charge in [0.15, 0.2) is 4.77 Å². The molecule has 17 heavy (non-hydrogen) atoms. The fourth-order valence-corrected chi connectivity index (χ4v) is 2.85. The van der Waals surface area contributed by atoms with Crippen molar-refractivity contribution in [1.29, 1.82) is 5.26 Å². The molecule has 1 N–H and O–H groups in total. The van der Waals surface area contributed by atoms with Crippen molar-refractivity contribution in [2.24, 2.45) is 5.92 Å². The number of hydrogen-bond donors (Lipinski definition) is 1. The van der Waals surface area contributed by atoms with Gasteiger partial charge in [0.2, 0.25) is 0 Å². The monoisotopic (exact) mass is 243 g/mol. The summed E-state index contributed by atoms with van der Waals surface area (Å²) in [5.74, 6) is 0.742. The summed E-state index contributed by atoms with van der Waals surface area (Å²) in [5.41, 5.74) is 2.78. The van der Waals surface area contributed by atoms with E-state index in [0.29, 0.717) is 11.6 Å². The molecule has 1 saturated carbocycles. The molecule has 0 amide bonds. The second-order valence-electron chi connectivity index (χ2n) is 4.62. The van der Waals surface area contributed by atoms with Gasteiger partial charge in [-0.1, -0.05) is 13.3 Å². The van der Waals surface area contributed by atoms with Crippen molar-refractivity contribution in [2.45, 2.75) is 25.8 Å². The molecule has 0 saturated heterocycles. The molecule has 0 aliphatic heterocycles. The highest BCUT2D eigenvalue weighted by molar-refractivity contribution is 7.71. The topological polar surface area (TPSA) is 44.5 Å². The van der Waals surface area contributed by atoms with Crippen LogP contribution in [0.5, 0.6) is 0 Å². The number of nitrogens with zero attached hydrogens (tertiary/aromatic N) is 2. The summed E-state index contributed by atoms with van der Waals surface area (Å²) >= 11 is 5.37. The lowest BCUT2D eigenvalue weighted by molar-refractivity contribution is 0.648. The number of nitrogens with one attached hydrogen (secondary N) is 1. The van der Waals surface area contributed by atoms with Crippen molar-refractivity contribution in [1.82, 2.24) is 9.55 Å². The van der Waals surface area contributed by atoms with Crippen LogP contribution in [0.4, 0.5) is 0 Å². The smallest absolute Gasteiger partial charge is 0.178 e. The number of aromatic nitrogens is 2. The average molecular weight is 243 g/mol. The predicted molar refractivity (Wildman–Crippen MR) is 69.3 cm³/mol. The Kier molecular flexibility index (Phi) is 2.30. The van der Waals surface area contributed by atoms with Gasteiger partial charge < -0.3 is 9.55 Å². The first-order valence-electron chi connectivity index (χ1n) is 5.89. The number of hydrogen-bond acceptors (Lipinski definition) is 2. The number of nitriles is 1. The molecule has 1 aliphatic carbocycles. The van der Waals surface area contributed by atoms with Crippen molar-refractivity contribution >= 4 is 23.3 Å². The van der Waals surface area contributed by atoms with E-state index < -0.39 is 0 Å². The molecule has 0 spiro atoms. The molecule has 1 aromatic heterocycles. The van der Waals surface area contributed by atoms with Gasteiger partial charge in [-0.15, -0.1) is 0 Å². The Bertz CT molecular complexity index is 674. The molecule has 3 rings (SSSR count). The molecule has 2 atom stereocenters. The van der Waals surface area contributed by atoms with E-state index in [1.807, 2.05) is 18.2 Å². The van der Waals surface area contributed by atoms with Crippen molar-refractivity contribution in [3.05, 3.63) is 28.5 Å². The number of aromatic amines is 1. The maximum absolute atomic E-state index is 8.95. The summed E-state index contributed by atoms with van der Waals surface area (Å²) in [5, 5.41) is 8.95. The zero-order chi connectivity index (χ0) is 12.0. The Morgan fingerprint density at radius 1 is 1.59 bits per heavy atom. The van der Waals surface area contributed by atoms with E-state index in [1.165, 1.54) is 12.8 Å². The molecule has 4 heteroatoms. The van der Waals surface area contributed by atoms with E-state index in [-0.39, 0.29) is 0 Å². The molecule has 3 nitrogen and oxygen atoms in total. The summed E-state index contributed by atoms with van der Waals surface area (Å²) in [6, 6.07) is 8.38. The third kappa shape index (κ3) is 1.58. The molecule has 1 heterocycles. The summed E-state index contributed by atoms with van der Waals surface area (Å²) in [6.45, 7) is 2.21. The number of rotatable bonds is 2. The largest absolute Gasteiger partial charge is 0.331 e. The first kappa shape index (κ1) is 10.5. The predicted octanol–water partition coefficient (Wildman–Crippen LogP) is 3.54. The minimum absolute atomic E-state index is 0.523. The van der Waals surface area contributed by atoms with E-state index in [0.717, 1.165) is 21.7 Å². The SMILES string of the molecule is CCC1CC1n1c(=S)[nH]c2ccc(C#N)cc21. The quantitative estimate of drug-likeness (QED) is 0.820. The number of benzene rings is 1. The van der Waals surface area contributed by atoms with E-state index in [1.54, 1.807) is 0 Å². The van der Waals surface area contributed by atoms with Gasteiger partial charge in [-0.25, -0.2) is 0 Å². The van der Waals surface area contributed by atoms with E-state index in [9.17, 15) is 0 Å². The standard InChI is InChI=1S/C13H13N3S/c1-2-9-6-11(9)16-12-5-8(7-14)3-4-10(12)15-13(16)17/h3-5,9,11H,2,6H2,1H3,(H,15,17). The first-order valence-corrected chi connectivity index (χ1v) is 6.29. The van der Waals surface area contributed by atoms with Crippen LogP contribution < -0.4 is 0 Å². The maximum Gasteiger partial charge on any atom is 0.178 e. The second kappa shape index (κ2) is 3.71. The van der Waals surface area contributed by atoms with E-state index in [2.05, 4.69) is 22.5 Å². The van der Waals surface area contributed by atoms with Gasteiger partial charge in [0.25, 0.3) is 0 Å². The highest BCUT2D eigenvalue weighted by Crippen LogP contribution is 2.47. The van der Waals surface area contributed by atoms with Crippen LogP contribution in [0, 0.1) is 22.0 Å². The fourth-order valence-electron chi connectivity index (χ4n) is 2.51. The first-order chi connectivity index (χ1) is 8.24. The van der Waals surface area contributed by atoms with Gasteiger partial charge in [0, 0.05) is 6.04 Å². The lowest BCUT2D eigenvalue weighted by Gasteiger charge is -2.02. The number of H-pyrrole nitrogens is 1. The highest BCUT2D eigenvalue weighted by atomic mass is 32.1. The van der Waals surface area contributed by atoms with Gasteiger partial charge >= 0.3 is 0 Å². The van der Waals surface area contributed by atoms with Crippen LogP contribution >= 0.6 is 12.2 Å². The molecule has 0 radical (unpaired) electrons. The molecule has 1 aliphatic rings. The van der Waals surface area contributed by atoms with Crippen LogP contribution in [0.3, 0.4) is 0 Å². The molecular weight excluding hydrogens is 230 g/mol. The highest BCUT2D eigenvalue weighted by Gasteiger charge is 2.38. The molecule has 2 aromatic rings. The normalized spacial score (nSPS) is 22.6. The van der Waals surface area contributed by atoms with Crippen LogP contribution in [0.15, 0.2) is 18.2 Å². The fraction of sp³-hybridized carbons (Fsp3) is 0.385. The van der Waals surface area contributed by atoms with Crippen molar-refractivity contribution in [3.8, 4) is 6.07 Å². The van der Waals surface area contributed by atoms with Crippen LogP contribution in [-0.4, -0.2) is 9.55 Å². The molecule has 1 fully saturated rings. The van der Waals surface area contributed by atoms with Gasteiger partial charge in [0.1, 0.15) is 0 Å². The van der Waals surface area contributed by atoms with Crippen LogP contribution in [0.2, 0.25) is 0 Å². The summed E-state index contributed by atoms with van der Waals surface area (Å²) in [6.07, 6.45) is 2.39. The molecule has 0 bridgehead atoms. The molecule has 2 unspecified atom stereocenters. The Morgan fingerprint density at radius 2 is 2.41 bits per heavy atom. The maximum atomic E-state index is 8.95.